The number of halogens is 1. The largest absolute Gasteiger partial charge is 0.479 e. The number of nitrogens with one attached hydrogen (secondary N) is 1. The second-order valence-corrected chi connectivity index (χ2v) is 5.22. The molecule has 1 amide bonds. The first-order valence-corrected chi connectivity index (χ1v) is 7.85. The summed E-state index contributed by atoms with van der Waals surface area (Å²) < 4.78 is 5.71. The van der Waals surface area contributed by atoms with Crippen LogP contribution in [-0.4, -0.2) is 36.5 Å². The number of hydrogen-bond acceptors (Lipinski definition) is 3. The summed E-state index contributed by atoms with van der Waals surface area (Å²) in [5, 5.41) is 3.77. The Morgan fingerprint density at radius 3 is 2.52 bits per heavy atom. The lowest BCUT2D eigenvalue weighted by Gasteiger charge is -2.23. The summed E-state index contributed by atoms with van der Waals surface area (Å²) in [4.78, 5) is 13.9. The van der Waals surface area contributed by atoms with Crippen LogP contribution in [0.5, 0.6) is 5.75 Å². The lowest BCUT2D eigenvalue weighted by Crippen LogP contribution is -2.40. The fourth-order valence-electron chi connectivity index (χ4n) is 2.05. The minimum Gasteiger partial charge on any atom is -0.479 e. The van der Waals surface area contributed by atoms with Gasteiger partial charge in [0.2, 0.25) is 0 Å². The number of carbonyl (C=O) groups is 1. The van der Waals surface area contributed by atoms with Crippen LogP contribution in [0.25, 0.3) is 0 Å². The molecule has 1 unspecified atom stereocenters. The van der Waals surface area contributed by atoms with Crippen molar-refractivity contribution in [2.45, 2.75) is 40.3 Å². The van der Waals surface area contributed by atoms with Crippen LogP contribution in [-0.2, 0) is 11.3 Å². The number of benzene rings is 1. The van der Waals surface area contributed by atoms with E-state index in [2.05, 4.69) is 12.2 Å². The minimum atomic E-state index is -0.540. The molecule has 0 heterocycles. The molecular weight excluding hydrogens is 288 g/mol. The van der Waals surface area contributed by atoms with E-state index in [-0.39, 0.29) is 5.91 Å². The third-order valence-electron chi connectivity index (χ3n) is 3.30. The number of amides is 1. The maximum Gasteiger partial charge on any atom is 0.263 e. The highest BCUT2D eigenvalue weighted by Gasteiger charge is 2.20. The third-order valence-corrected chi connectivity index (χ3v) is 3.60. The van der Waals surface area contributed by atoms with Gasteiger partial charge in [-0.05, 0) is 45.0 Å². The fourth-order valence-corrected chi connectivity index (χ4v) is 2.30. The van der Waals surface area contributed by atoms with E-state index >= 15 is 0 Å². The van der Waals surface area contributed by atoms with Crippen LogP contribution >= 0.6 is 11.6 Å². The summed E-state index contributed by atoms with van der Waals surface area (Å²) in [6.45, 7) is 10.8. The van der Waals surface area contributed by atoms with Crippen molar-refractivity contribution < 1.29 is 9.53 Å². The van der Waals surface area contributed by atoms with Crippen molar-refractivity contribution in [1.29, 1.82) is 0 Å². The highest BCUT2D eigenvalue weighted by atomic mass is 35.5. The molecule has 1 rings (SSSR count). The monoisotopic (exact) mass is 312 g/mol. The van der Waals surface area contributed by atoms with Crippen LogP contribution in [0.2, 0.25) is 5.02 Å². The van der Waals surface area contributed by atoms with Gasteiger partial charge >= 0.3 is 0 Å². The zero-order chi connectivity index (χ0) is 15.8. The molecule has 0 spiro atoms. The Labute approximate surface area is 132 Å². The zero-order valence-corrected chi connectivity index (χ0v) is 14.0. The number of nitrogens with zero attached hydrogens (tertiary/aromatic N) is 1. The van der Waals surface area contributed by atoms with Crippen molar-refractivity contribution in [1.82, 2.24) is 10.2 Å². The van der Waals surface area contributed by atoms with Gasteiger partial charge in [-0.2, -0.15) is 0 Å². The van der Waals surface area contributed by atoms with Crippen LogP contribution in [0.15, 0.2) is 18.2 Å². The Balaban J connectivity index is 2.72. The maximum absolute atomic E-state index is 12.2. The summed E-state index contributed by atoms with van der Waals surface area (Å²) in [6, 6.07) is 5.65. The second-order valence-electron chi connectivity index (χ2n) is 4.82. The Bertz CT molecular complexity index is 462. The normalized spacial score (nSPS) is 12.0. The first-order chi connectivity index (χ1) is 10.0. The molecule has 1 N–H and O–H groups in total. The van der Waals surface area contributed by atoms with Crippen molar-refractivity contribution in [3.05, 3.63) is 28.8 Å². The van der Waals surface area contributed by atoms with Gasteiger partial charge in [0.25, 0.3) is 5.91 Å². The lowest BCUT2D eigenvalue weighted by molar-refractivity contribution is -0.137. The summed E-state index contributed by atoms with van der Waals surface area (Å²) in [5.74, 6) is 0.526. The number of rotatable bonds is 8. The third kappa shape index (κ3) is 5.21. The van der Waals surface area contributed by atoms with E-state index in [9.17, 15) is 4.79 Å². The summed E-state index contributed by atoms with van der Waals surface area (Å²) in [7, 11) is 0. The van der Waals surface area contributed by atoms with E-state index in [1.54, 1.807) is 11.8 Å². The molecule has 4 nitrogen and oxygen atoms in total. The summed E-state index contributed by atoms with van der Waals surface area (Å²) in [5.41, 5.74) is 1.09. The molecule has 0 aliphatic rings. The molecule has 21 heavy (non-hydrogen) atoms. The Hall–Kier alpha value is -1.26. The van der Waals surface area contributed by atoms with E-state index < -0.39 is 6.10 Å². The van der Waals surface area contributed by atoms with E-state index in [1.807, 2.05) is 32.0 Å². The van der Waals surface area contributed by atoms with Gasteiger partial charge in [0.1, 0.15) is 5.75 Å². The highest BCUT2D eigenvalue weighted by molar-refractivity contribution is 6.32. The molecule has 1 aromatic carbocycles. The molecule has 5 heteroatoms. The van der Waals surface area contributed by atoms with Crippen LogP contribution in [0.4, 0.5) is 0 Å². The summed E-state index contributed by atoms with van der Waals surface area (Å²) >= 11 is 6.23. The fraction of sp³-hybridized carbons (Fsp3) is 0.562. The van der Waals surface area contributed by atoms with Crippen LogP contribution < -0.4 is 10.1 Å². The molecule has 0 aliphatic heterocycles. The maximum atomic E-state index is 12.2. The average molecular weight is 313 g/mol. The Morgan fingerprint density at radius 2 is 2.00 bits per heavy atom. The van der Waals surface area contributed by atoms with Crippen molar-refractivity contribution in [2.24, 2.45) is 0 Å². The second kappa shape index (κ2) is 8.90. The molecule has 1 aromatic rings. The highest BCUT2D eigenvalue weighted by Crippen LogP contribution is 2.26. The molecule has 0 bridgehead atoms. The molecule has 0 saturated carbocycles. The molecule has 1 atom stereocenters. The quantitative estimate of drug-likeness (QED) is 0.802. The number of hydrogen-bond donors (Lipinski definition) is 1. The smallest absolute Gasteiger partial charge is 0.263 e. The molecular formula is C16H25ClN2O2. The van der Waals surface area contributed by atoms with Gasteiger partial charge in [-0.25, -0.2) is 0 Å². The van der Waals surface area contributed by atoms with Crippen molar-refractivity contribution >= 4 is 17.5 Å². The van der Waals surface area contributed by atoms with Crippen LogP contribution in [0.3, 0.4) is 0 Å². The lowest BCUT2D eigenvalue weighted by atomic mass is 10.2. The van der Waals surface area contributed by atoms with Gasteiger partial charge < -0.3 is 15.0 Å². The Kier molecular flexibility index (Phi) is 7.54. The average Bonchev–Trinajstić information content (AvgIpc) is 2.48. The molecule has 0 saturated heterocycles. The first kappa shape index (κ1) is 17.8. The predicted octanol–water partition coefficient (Wildman–Crippen LogP) is 3.09. The number of ether oxygens (including phenoxy) is 1. The molecule has 0 aromatic heterocycles. The van der Waals surface area contributed by atoms with E-state index in [0.29, 0.717) is 23.9 Å². The molecule has 0 aliphatic carbocycles. The van der Waals surface area contributed by atoms with Crippen molar-refractivity contribution in [3.8, 4) is 5.75 Å². The van der Waals surface area contributed by atoms with Gasteiger partial charge in [-0.15, -0.1) is 0 Å². The van der Waals surface area contributed by atoms with Crippen LogP contribution in [0, 0.1) is 0 Å². The van der Waals surface area contributed by atoms with Gasteiger partial charge in [-0.1, -0.05) is 24.6 Å². The standard InChI is InChI=1S/C16H25ClN2O2/c1-5-18-11-13-8-9-15(14(17)10-13)21-12(4)16(20)19(6-2)7-3/h8-10,12,18H,5-7,11H2,1-4H3. The van der Waals surface area contributed by atoms with Crippen molar-refractivity contribution in [2.75, 3.05) is 19.6 Å². The number of likely N-dealkylation sites (N-methyl/N-ethyl adjacent to an activating group) is 1. The van der Waals surface area contributed by atoms with Crippen LogP contribution in [0.1, 0.15) is 33.3 Å². The van der Waals surface area contributed by atoms with Gasteiger partial charge in [0, 0.05) is 19.6 Å². The van der Waals surface area contributed by atoms with Gasteiger partial charge in [0.15, 0.2) is 6.10 Å². The predicted molar refractivity (Wildman–Crippen MR) is 86.9 cm³/mol. The van der Waals surface area contributed by atoms with Crippen molar-refractivity contribution in [3.63, 3.8) is 0 Å². The molecule has 0 radical (unpaired) electrons. The van der Waals surface area contributed by atoms with E-state index in [0.717, 1.165) is 18.7 Å². The summed E-state index contributed by atoms with van der Waals surface area (Å²) in [6.07, 6.45) is -0.540. The molecule has 118 valence electrons. The molecule has 0 fully saturated rings. The SMILES string of the molecule is CCNCc1ccc(OC(C)C(=O)N(CC)CC)c(Cl)c1. The zero-order valence-electron chi connectivity index (χ0n) is 13.3. The van der Waals surface area contributed by atoms with Gasteiger partial charge in [0.05, 0.1) is 5.02 Å². The topological polar surface area (TPSA) is 41.6 Å². The van der Waals surface area contributed by atoms with Gasteiger partial charge in [-0.3, -0.25) is 4.79 Å². The van der Waals surface area contributed by atoms with E-state index in [4.69, 9.17) is 16.3 Å². The minimum absolute atomic E-state index is 0.0206. The first-order valence-electron chi connectivity index (χ1n) is 7.48. The number of carbonyl (C=O) groups excluding carboxylic acids is 1. The van der Waals surface area contributed by atoms with E-state index in [1.165, 1.54) is 0 Å². The Morgan fingerprint density at radius 1 is 1.33 bits per heavy atom.